The Balaban J connectivity index is 4.35. The SMILES string of the molecule is C/C=C/C#CC#CC#C/C=C/C(CO)OC(=O)C(C)C. The molecule has 0 saturated carbocycles. The largest absolute Gasteiger partial charge is 0.455 e. The summed E-state index contributed by atoms with van der Waals surface area (Å²) in [6.07, 6.45) is 5.83. The van der Waals surface area contributed by atoms with E-state index in [0.29, 0.717) is 0 Å². The van der Waals surface area contributed by atoms with Crippen molar-refractivity contribution in [2.45, 2.75) is 26.9 Å². The van der Waals surface area contributed by atoms with Gasteiger partial charge in [-0.1, -0.05) is 31.8 Å². The number of aliphatic hydroxyl groups is 1. The molecule has 0 saturated heterocycles. The molecule has 0 aliphatic rings. The molecular weight excluding hydrogens is 252 g/mol. The first-order chi connectivity index (χ1) is 9.61. The lowest BCUT2D eigenvalue weighted by Crippen LogP contribution is -2.22. The molecule has 0 aliphatic heterocycles. The molecule has 0 heterocycles. The van der Waals surface area contributed by atoms with Crippen LogP contribution < -0.4 is 0 Å². The van der Waals surface area contributed by atoms with Gasteiger partial charge < -0.3 is 9.84 Å². The maximum atomic E-state index is 11.3. The van der Waals surface area contributed by atoms with Crippen LogP contribution in [0.3, 0.4) is 0 Å². The molecule has 0 aromatic heterocycles. The third-order valence-electron chi connectivity index (χ3n) is 1.89. The summed E-state index contributed by atoms with van der Waals surface area (Å²) in [6, 6.07) is 0. The highest BCUT2D eigenvalue weighted by Gasteiger charge is 2.13. The number of rotatable bonds is 4. The Labute approximate surface area is 120 Å². The normalized spacial score (nSPS) is 11.1. The highest BCUT2D eigenvalue weighted by molar-refractivity contribution is 5.71. The molecule has 0 aromatic carbocycles. The minimum absolute atomic E-state index is 0.231. The zero-order valence-corrected chi connectivity index (χ0v) is 11.9. The Morgan fingerprint density at radius 1 is 1.15 bits per heavy atom. The van der Waals surface area contributed by atoms with Gasteiger partial charge in [0.25, 0.3) is 0 Å². The van der Waals surface area contributed by atoms with Crippen LogP contribution in [-0.2, 0) is 9.53 Å². The molecule has 1 atom stereocenters. The van der Waals surface area contributed by atoms with Crippen LogP contribution in [0.5, 0.6) is 0 Å². The summed E-state index contributed by atoms with van der Waals surface area (Å²) in [6.45, 7) is 5.04. The van der Waals surface area contributed by atoms with Crippen LogP contribution in [0.15, 0.2) is 24.3 Å². The second-order valence-corrected chi connectivity index (χ2v) is 3.96. The number of carbonyl (C=O) groups is 1. The summed E-state index contributed by atoms with van der Waals surface area (Å²) < 4.78 is 5.02. The van der Waals surface area contributed by atoms with Crippen LogP contribution in [0.4, 0.5) is 0 Å². The summed E-state index contributed by atoms with van der Waals surface area (Å²) in [5.41, 5.74) is 0. The summed E-state index contributed by atoms with van der Waals surface area (Å²) in [7, 11) is 0. The van der Waals surface area contributed by atoms with Gasteiger partial charge in [0.05, 0.1) is 12.5 Å². The molecular formula is C17H18O3. The van der Waals surface area contributed by atoms with Gasteiger partial charge in [-0.05, 0) is 48.8 Å². The maximum Gasteiger partial charge on any atom is 0.309 e. The molecule has 0 amide bonds. The number of esters is 1. The first kappa shape index (κ1) is 17.6. The van der Waals surface area contributed by atoms with Crippen molar-refractivity contribution in [3.05, 3.63) is 24.3 Å². The lowest BCUT2D eigenvalue weighted by Gasteiger charge is -2.12. The highest BCUT2D eigenvalue weighted by atomic mass is 16.6. The Morgan fingerprint density at radius 2 is 1.75 bits per heavy atom. The Bertz CT molecular complexity index is 534. The second kappa shape index (κ2) is 11.7. The fraction of sp³-hybridized carbons (Fsp3) is 0.353. The first-order valence-electron chi connectivity index (χ1n) is 6.22. The molecule has 0 aromatic rings. The topological polar surface area (TPSA) is 46.5 Å². The lowest BCUT2D eigenvalue weighted by atomic mass is 10.2. The van der Waals surface area contributed by atoms with E-state index in [9.17, 15) is 4.79 Å². The van der Waals surface area contributed by atoms with Crippen LogP contribution >= 0.6 is 0 Å². The van der Waals surface area contributed by atoms with Gasteiger partial charge in [0.1, 0.15) is 6.10 Å². The van der Waals surface area contributed by atoms with Crippen molar-refractivity contribution in [1.29, 1.82) is 0 Å². The molecule has 0 spiro atoms. The fourth-order valence-corrected chi connectivity index (χ4v) is 0.879. The average molecular weight is 270 g/mol. The standard InChI is InChI=1S/C17H18O3/c1-4-5-6-7-8-9-10-11-12-13-16(14-18)20-17(19)15(2)3/h4-5,12-13,15-16,18H,14H2,1-3H3/b5-4+,13-12+. The maximum absolute atomic E-state index is 11.3. The minimum Gasteiger partial charge on any atom is -0.455 e. The molecule has 1 unspecified atom stereocenters. The van der Waals surface area contributed by atoms with E-state index in [1.165, 1.54) is 12.2 Å². The van der Waals surface area contributed by atoms with Gasteiger partial charge in [-0.25, -0.2) is 0 Å². The number of hydrogen-bond acceptors (Lipinski definition) is 3. The summed E-state index contributed by atoms with van der Waals surface area (Å²) >= 11 is 0. The lowest BCUT2D eigenvalue weighted by molar-refractivity contribution is -0.152. The van der Waals surface area contributed by atoms with Crippen molar-refractivity contribution in [2.75, 3.05) is 6.61 Å². The van der Waals surface area contributed by atoms with Crippen molar-refractivity contribution in [2.24, 2.45) is 5.92 Å². The van der Waals surface area contributed by atoms with Crippen LogP contribution in [0.25, 0.3) is 0 Å². The Hall–Kier alpha value is -2.41. The third kappa shape index (κ3) is 9.60. The first-order valence-corrected chi connectivity index (χ1v) is 6.22. The van der Waals surface area contributed by atoms with Crippen LogP contribution in [-0.4, -0.2) is 23.8 Å². The van der Waals surface area contributed by atoms with E-state index in [1.807, 2.05) is 13.0 Å². The van der Waals surface area contributed by atoms with Crippen LogP contribution in [0.2, 0.25) is 0 Å². The number of ether oxygens (including phenoxy) is 1. The van der Waals surface area contributed by atoms with Crippen molar-refractivity contribution in [1.82, 2.24) is 0 Å². The number of allylic oxidation sites excluding steroid dienone is 3. The number of aliphatic hydroxyl groups excluding tert-OH is 1. The van der Waals surface area contributed by atoms with Gasteiger partial charge in [-0.15, -0.1) is 0 Å². The van der Waals surface area contributed by atoms with Gasteiger partial charge in [0.15, 0.2) is 0 Å². The molecule has 0 bridgehead atoms. The monoisotopic (exact) mass is 270 g/mol. The zero-order valence-electron chi connectivity index (χ0n) is 11.9. The van der Waals surface area contributed by atoms with Gasteiger partial charge >= 0.3 is 5.97 Å². The molecule has 0 fully saturated rings. The van der Waals surface area contributed by atoms with Crippen LogP contribution in [0.1, 0.15) is 20.8 Å². The van der Waals surface area contributed by atoms with Crippen molar-refractivity contribution in [3.8, 4) is 35.5 Å². The van der Waals surface area contributed by atoms with Crippen molar-refractivity contribution >= 4 is 5.97 Å². The molecule has 104 valence electrons. The average Bonchev–Trinajstić information content (AvgIpc) is 2.43. The quantitative estimate of drug-likeness (QED) is 0.624. The van der Waals surface area contributed by atoms with E-state index >= 15 is 0 Å². The van der Waals surface area contributed by atoms with Gasteiger partial charge in [-0.3, -0.25) is 4.79 Å². The summed E-state index contributed by atoms with van der Waals surface area (Å²) in [5, 5.41) is 9.05. The van der Waals surface area contributed by atoms with Gasteiger partial charge in [-0.2, -0.15) is 0 Å². The van der Waals surface area contributed by atoms with Crippen LogP contribution in [0, 0.1) is 41.4 Å². The van der Waals surface area contributed by atoms with E-state index in [4.69, 9.17) is 9.84 Å². The van der Waals surface area contributed by atoms with Crippen molar-refractivity contribution in [3.63, 3.8) is 0 Å². The minimum atomic E-state index is -0.679. The number of hydrogen-bond donors (Lipinski definition) is 1. The molecule has 20 heavy (non-hydrogen) atoms. The number of carbonyl (C=O) groups excluding carboxylic acids is 1. The molecule has 0 rings (SSSR count). The smallest absolute Gasteiger partial charge is 0.309 e. The summed E-state index contributed by atoms with van der Waals surface area (Å²) in [4.78, 5) is 11.3. The van der Waals surface area contributed by atoms with E-state index in [0.717, 1.165) is 0 Å². The van der Waals surface area contributed by atoms with E-state index in [1.54, 1.807) is 19.9 Å². The van der Waals surface area contributed by atoms with E-state index in [-0.39, 0.29) is 18.5 Å². The predicted octanol–water partition coefficient (Wildman–Crippen LogP) is 1.69. The molecule has 0 radical (unpaired) electrons. The predicted molar refractivity (Wildman–Crippen MR) is 79.1 cm³/mol. The van der Waals surface area contributed by atoms with Crippen molar-refractivity contribution < 1.29 is 14.6 Å². The van der Waals surface area contributed by atoms with E-state index < -0.39 is 6.10 Å². The van der Waals surface area contributed by atoms with Gasteiger partial charge in [0.2, 0.25) is 0 Å². The second-order valence-electron chi connectivity index (χ2n) is 3.96. The highest BCUT2D eigenvalue weighted by Crippen LogP contribution is 2.01. The Morgan fingerprint density at radius 3 is 2.25 bits per heavy atom. The Kier molecular flexibility index (Phi) is 10.3. The molecule has 3 heteroatoms. The third-order valence-corrected chi connectivity index (χ3v) is 1.89. The summed E-state index contributed by atoms with van der Waals surface area (Å²) in [5.74, 6) is 15.1. The van der Waals surface area contributed by atoms with Gasteiger partial charge in [0, 0.05) is 0 Å². The zero-order chi connectivity index (χ0) is 15.2. The molecule has 3 nitrogen and oxygen atoms in total. The fourth-order valence-electron chi connectivity index (χ4n) is 0.879. The molecule has 0 aliphatic carbocycles. The van der Waals surface area contributed by atoms with E-state index in [2.05, 4.69) is 35.5 Å². The molecule has 1 N–H and O–H groups in total.